The lowest BCUT2D eigenvalue weighted by Gasteiger charge is -2.14. The number of hydrogen-bond donors (Lipinski definition) is 2. The Morgan fingerprint density at radius 1 is 1.10 bits per heavy atom. The van der Waals surface area contributed by atoms with E-state index in [4.69, 9.17) is 9.26 Å². The van der Waals surface area contributed by atoms with Crippen LogP contribution in [0.2, 0.25) is 0 Å². The number of aryl methyl sites for hydroxylation is 1. The second-order valence-electron chi connectivity index (χ2n) is 7.28. The molecule has 3 aromatic carbocycles. The maximum Gasteiger partial charge on any atom is 0.170 e. The first kappa shape index (κ1) is 20.1. The monoisotopic (exact) mass is 406 g/mol. The molecule has 0 amide bonds. The number of aromatic nitrogens is 1. The highest BCUT2D eigenvalue weighted by molar-refractivity contribution is 5.91. The fraction of sp³-hybridized carbons (Fsp3) is 0.208. The summed E-state index contributed by atoms with van der Waals surface area (Å²) in [6.45, 7) is 3.33. The van der Waals surface area contributed by atoms with E-state index in [0.717, 1.165) is 10.9 Å². The number of rotatable bonds is 8. The van der Waals surface area contributed by atoms with Crippen molar-refractivity contribution in [3.05, 3.63) is 83.7 Å². The van der Waals surface area contributed by atoms with E-state index in [9.17, 15) is 9.50 Å². The van der Waals surface area contributed by atoms with Crippen molar-refractivity contribution in [3.63, 3.8) is 0 Å². The first-order valence-electron chi connectivity index (χ1n) is 9.81. The fourth-order valence-electron chi connectivity index (χ4n) is 3.19. The van der Waals surface area contributed by atoms with E-state index in [-0.39, 0.29) is 12.4 Å². The summed E-state index contributed by atoms with van der Waals surface area (Å²) in [5.41, 5.74) is 4.20. The second-order valence-corrected chi connectivity index (χ2v) is 7.28. The van der Waals surface area contributed by atoms with Crippen LogP contribution in [0.1, 0.15) is 11.1 Å². The largest absolute Gasteiger partial charge is 0.491 e. The molecule has 5 nitrogen and oxygen atoms in total. The van der Waals surface area contributed by atoms with E-state index in [2.05, 4.69) is 41.7 Å². The van der Waals surface area contributed by atoms with Crippen LogP contribution in [0, 0.1) is 12.7 Å². The van der Waals surface area contributed by atoms with Crippen LogP contribution in [-0.2, 0) is 6.54 Å². The molecule has 6 heteroatoms. The zero-order chi connectivity index (χ0) is 20.9. The molecule has 1 heterocycles. The van der Waals surface area contributed by atoms with Crippen LogP contribution in [0.25, 0.3) is 22.2 Å². The van der Waals surface area contributed by atoms with Crippen LogP contribution < -0.4 is 10.1 Å². The summed E-state index contributed by atoms with van der Waals surface area (Å²) in [5.74, 6) is 0.246. The van der Waals surface area contributed by atoms with Crippen LogP contribution in [0.15, 0.2) is 71.3 Å². The minimum absolute atomic E-state index is 0.162. The van der Waals surface area contributed by atoms with E-state index in [0.29, 0.717) is 30.1 Å². The van der Waals surface area contributed by atoms with Crippen molar-refractivity contribution in [1.29, 1.82) is 0 Å². The highest BCUT2D eigenvalue weighted by Gasteiger charge is 2.12. The quantitative estimate of drug-likeness (QED) is 0.452. The Balaban J connectivity index is 1.33. The number of halogens is 1. The van der Waals surface area contributed by atoms with Gasteiger partial charge in [0.25, 0.3) is 0 Å². The summed E-state index contributed by atoms with van der Waals surface area (Å²) in [7, 11) is 0. The normalized spacial score (nSPS) is 12.2. The minimum atomic E-state index is -0.644. The van der Waals surface area contributed by atoms with E-state index in [1.807, 2.05) is 24.3 Å². The van der Waals surface area contributed by atoms with Crippen molar-refractivity contribution in [2.24, 2.45) is 0 Å². The molecule has 0 unspecified atom stereocenters. The van der Waals surface area contributed by atoms with Gasteiger partial charge in [-0.25, -0.2) is 4.39 Å². The third kappa shape index (κ3) is 4.84. The maximum atomic E-state index is 13.4. The van der Waals surface area contributed by atoms with Gasteiger partial charge >= 0.3 is 0 Å². The topological polar surface area (TPSA) is 67.5 Å². The molecular weight excluding hydrogens is 383 g/mol. The number of hydrogen-bond acceptors (Lipinski definition) is 5. The van der Waals surface area contributed by atoms with Crippen molar-refractivity contribution in [2.45, 2.75) is 19.6 Å². The molecule has 0 aliphatic heterocycles. The maximum absolute atomic E-state index is 13.4. The number of aliphatic hydroxyl groups is 1. The summed E-state index contributed by atoms with van der Waals surface area (Å²) in [4.78, 5) is 0. The standard InChI is InChI=1S/C24H23FN2O3/c1-16-5-7-17(8-6-16)13-26-14-20(28)15-29-21-4-2-3-18(11-21)24-22-10-9-19(25)12-23(22)30-27-24/h2-12,20,26,28H,13-15H2,1H3/t20-/m0/s1. The lowest BCUT2D eigenvalue weighted by atomic mass is 10.1. The van der Waals surface area contributed by atoms with Crippen LogP contribution in [0.5, 0.6) is 5.75 Å². The van der Waals surface area contributed by atoms with E-state index >= 15 is 0 Å². The summed E-state index contributed by atoms with van der Waals surface area (Å²) < 4.78 is 24.3. The molecule has 0 saturated carbocycles. The van der Waals surface area contributed by atoms with Crippen LogP contribution >= 0.6 is 0 Å². The molecule has 4 aromatic rings. The molecule has 1 aromatic heterocycles. The smallest absolute Gasteiger partial charge is 0.170 e. The van der Waals surface area contributed by atoms with Gasteiger partial charge in [0, 0.05) is 30.1 Å². The molecule has 30 heavy (non-hydrogen) atoms. The van der Waals surface area contributed by atoms with Crippen molar-refractivity contribution < 1.29 is 18.8 Å². The first-order chi connectivity index (χ1) is 14.6. The molecule has 0 bridgehead atoms. The highest BCUT2D eigenvalue weighted by Crippen LogP contribution is 2.30. The summed E-state index contributed by atoms with van der Waals surface area (Å²) in [5, 5.41) is 18.2. The number of benzene rings is 3. The Labute approximate surface area is 174 Å². The number of nitrogens with one attached hydrogen (secondary N) is 1. The predicted octanol–water partition coefficient (Wildman–Crippen LogP) is 4.47. The lowest BCUT2D eigenvalue weighted by molar-refractivity contribution is 0.106. The van der Waals surface area contributed by atoms with E-state index in [1.165, 1.54) is 23.3 Å². The van der Waals surface area contributed by atoms with Gasteiger partial charge in [0.2, 0.25) is 0 Å². The molecule has 4 rings (SSSR count). The number of nitrogens with zero attached hydrogens (tertiary/aromatic N) is 1. The fourth-order valence-corrected chi connectivity index (χ4v) is 3.19. The number of fused-ring (bicyclic) bond motifs is 1. The molecule has 0 aliphatic carbocycles. The van der Waals surface area contributed by atoms with Crippen LogP contribution in [-0.4, -0.2) is 29.5 Å². The van der Waals surface area contributed by atoms with Gasteiger partial charge in [0.05, 0.1) is 0 Å². The van der Waals surface area contributed by atoms with Gasteiger partial charge in [-0.2, -0.15) is 0 Å². The Morgan fingerprint density at radius 2 is 1.93 bits per heavy atom. The molecule has 1 atom stereocenters. The van der Waals surface area contributed by atoms with Crippen molar-refractivity contribution >= 4 is 11.0 Å². The molecule has 0 saturated heterocycles. The van der Waals surface area contributed by atoms with Gasteiger partial charge in [-0.15, -0.1) is 0 Å². The number of ether oxygens (including phenoxy) is 1. The zero-order valence-electron chi connectivity index (χ0n) is 16.6. The molecular formula is C24H23FN2O3. The van der Waals surface area contributed by atoms with Gasteiger partial charge in [-0.05, 0) is 36.8 Å². The van der Waals surface area contributed by atoms with Crippen molar-refractivity contribution in [1.82, 2.24) is 10.5 Å². The van der Waals surface area contributed by atoms with Gasteiger partial charge in [-0.3, -0.25) is 0 Å². The third-order valence-electron chi connectivity index (χ3n) is 4.81. The average molecular weight is 406 g/mol. The molecule has 0 fully saturated rings. The van der Waals surface area contributed by atoms with Crippen LogP contribution in [0.4, 0.5) is 4.39 Å². The first-order valence-corrected chi connectivity index (χ1v) is 9.81. The summed E-state index contributed by atoms with van der Waals surface area (Å²) in [6.07, 6.45) is -0.644. The Bertz CT molecular complexity index is 1120. The second kappa shape index (κ2) is 9.07. The minimum Gasteiger partial charge on any atom is -0.491 e. The summed E-state index contributed by atoms with van der Waals surface area (Å²) >= 11 is 0. The highest BCUT2D eigenvalue weighted by atomic mass is 19.1. The van der Waals surface area contributed by atoms with Gasteiger partial charge < -0.3 is 19.7 Å². The van der Waals surface area contributed by atoms with E-state index in [1.54, 1.807) is 6.07 Å². The molecule has 2 N–H and O–H groups in total. The van der Waals surface area contributed by atoms with Gasteiger partial charge in [0.1, 0.15) is 30.0 Å². The lowest BCUT2D eigenvalue weighted by Crippen LogP contribution is -2.31. The van der Waals surface area contributed by atoms with Gasteiger partial charge in [0.15, 0.2) is 5.58 Å². The molecule has 0 radical (unpaired) electrons. The molecule has 0 aliphatic rings. The SMILES string of the molecule is Cc1ccc(CNC[C@H](O)COc2cccc(-c3noc4cc(F)ccc34)c2)cc1. The Kier molecular flexibility index (Phi) is 6.07. The average Bonchev–Trinajstić information content (AvgIpc) is 3.17. The number of aliphatic hydroxyl groups excluding tert-OH is 1. The zero-order valence-corrected chi connectivity index (χ0v) is 16.6. The molecule has 154 valence electrons. The van der Waals surface area contributed by atoms with E-state index < -0.39 is 6.10 Å². The van der Waals surface area contributed by atoms with Crippen molar-refractivity contribution in [3.8, 4) is 17.0 Å². The predicted molar refractivity (Wildman–Crippen MR) is 114 cm³/mol. The van der Waals surface area contributed by atoms with Crippen LogP contribution in [0.3, 0.4) is 0 Å². The third-order valence-corrected chi connectivity index (χ3v) is 4.81. The van der Waals surface area contributed by atoms with Gasteiger partial charge in [-0.1, -0.05) is 47.1 Å². The Hall–Kier alpha value is -3.22. The molecule has 0 spiro atoms. The summed E-state index contributed by atoms with van der Waals surface area (Å²) in [6, 6.07) is 20.0. The van der Waals surface area contributed by atoms with Crippen molar-refractivity contribution in [2.75, 3.05) is 13.2 Å². The Morgan fingerprint density at radius 3 is 2.77 bits per heavy atom.